The van der Waals surface area contributed by atoms with Crippen molar-refractivity contribution in [1.82, 2.24) is 0 Å². The third-order valence-electron chi connectivity index (χ3n) is 8.09. The van der Waals surface area contributed by atoms with Gasteiger partial charge in [0.05, 0.1) is 7.11 Å². The van der Waals surface area contributed by atoms with Crippen LogP contribution >= 0.6 is 0 Å². The van der Waals surface area contributed by atoms with E-state index in [2.05, 4.69) is 17.7 Å². The number of Topliss-reactive ketones (excluding diaryl/α,β-unsaturated/α-hetero) is 1. The van der Waals surface area contributed by atoms with E-state index < -0.39 is 6.61 Å². The number of allylic oxidation sites excluding steroid dienone is 1. The van der Waals surface area contributed by atoms with Gasteiger partial charge in [0, 0.05) is 5.41 Å². The van der Waals surface area contributed by atoms with E-state index in [0.717, 1.165) is 43.2 Å². The summed E-state index contributed by atoms with van der Waals surface area (Å²) in [7, 11) is 1.40. The van der Waals surface area contributed by atoms with Crippen LogP contribution in [0.1, 0.15) is 55.2 Å². The highest BCUT2D eigenvalue weighted by Crippen LogP contribution is 2.61. The molecule has 0 bridgehead atoms. The molecule has 0 spiro atoms. The number of halogens is 2. The minimum Gasteiger partial charge on any atom is -0.508 e. The number of fused-ring (bicyclic) bond motifs is 5. The molecule has 4 nitrogen and oxygen atoms in total. The maximum atomic E-state index is 13.5. The van der Waals surface area contributed by atoms with E-state index >= 15 is 0 Å². The van der Waals surface area contributed by atoms with Crippen molar-refractivity contribution in [2.75, 3.05) is 7.11 Å². The Morgan fingerprint density at radius 3 is 2.73 bits per heavy atom. The summed E-state index contributed by atoms with van der Waals surface area (Å²) in [5.74, 6) is 1.84. The third-order valence-corrected chi connectivity index (χ3v) is 8.09. The van der Waals surface area contributed by atoms with Crippen LogP contribution in [0.3, 0.4) is 0 Å². The van der Waals surface area contributed by atoms with Crippen LogP contribution in [0.15, 0.2) is 42.0 Å². The molecule has 0 aromatic heterocycles. The molecular formula is C27H28F2O4. The second-order valence-corrected chi connectivity index (χ2v) is 9.75. The molecule has 0 aliphatic heterocycles. The van der Waals surface area contributed by atoms with Crippen LogP contribution in [-0.4, -0.2) is 24.6 Å². The Morgan fingerprint density at radius 2 is 1.97 bits per heavy atom. The number of alkyl halides is 2. The van der Waals surface area contributed by atoms with Gasteiger partial charge >= 0.3 is 6.61 Å². The average molecular weight is 455 g/mol. The van der Waals surface area contributed by atoms with Crippen LogP contribution in [0, 0.1) is 17.3 Å². The maximum absolute atomic E-state index is 13.5. The summed E-state index contributed by atoms with van der Waals surface area (Å²) in [5, 5.41) is 9.88. The summed E-state index contributed by atoms with van der Waals surface area (Å²) in [6, 6.07) is 10.5. The van der Waals surface area contributed by atoms with Crippen LogP contribution < -0.4 is 9.47 Å². The van der Waals surface area contributed by atoms with Crippen LogP contribution in [0.5, 0.6) is 17.2 Å². The van der Waals surface area contributed by atoms with Crippen molar-refractivity contribution in [3.05, 3.63) is 58.7 Å². The van der Waals surface area contributed by atoms with Gasteiger partial charge in [-0.25, -0.2) is 0 Å². The zero-order chi connectivity index (χ0) is 23.3. The summed E-state index contributed by atoms with van der Waals surface area (Å²) < 4.78 is 35.0. The van der Waals surface area contributed by atoms with Crippen LogP contribution in [0.4, 0.5) is 8.78 Å². The van der Waals surface area contributed by atoms with Gasteiger partial charge < -0.3 is 14.6 Å². The zero-order valence-corrected chi connectivity index (χ0v) is 18.8. The van der Waals surface area contributed by atoms with Gasteiger partial charge in [0.25, 0.3) is 0 Å². The fourth-order valence-corrected chi connectivity index (χ4v) is 6.54. The molecule has 5 rings (SSSR count). The first-order chi connectivity index (χ1) is 15.8. The molecule has 0 radical (unpaired) electrons. The lowest BCUT2D eigenvalue weighted by molar-refractivity contribution is -0.127. The molecule has 0 amide bonds. The number of aromatic hydroxyl groups is 1. The lowest BCUT2D eigenvalue weighted by Crippen LogP contribution is -2.42. The molecule has 1 N–H and O–H groups in total. The molecule has 33 heavy (non-hydrogen) atoms. The number of phenols is 1. The quantitative estimate of drug-likeness (QED) is 0.566. The highest BCUT2D eigenvalue weighted by atomic mass is 19.3. The Hall–Kier alpha value is -2.89. The largest absolute Gasteiger partial charge is 0.508 e. The third kappa shape index (κ3) is 3.69. The molecule has 2 aromatic carbocycles. The van der Waals surface area contributed by atoms with E-state index in [-0.39, 0.29) is 28.6 Å². The smallest absolute Gasteiger partial charge is 0.387 e. The number of carbonyl (C=O) groups is 1. The normalized spacial score (nSPS) is 29.5. The van der Waals surface area contributed by atoms with E-state index in [4.69, 9.17) is 4.74 Å². The number of aryl methyl sites for hydroxylation is 1. The Kier molecular flexibility index (Phi) is 5.42. The first-order valence-corrected chi connectivity index (χ1v) is 11.5. The van der Waals surface area contributed by atoms with Crippen LogP contribution in [-0.2, 0) is 11.2 Å². The van der Waals surface area contributed by atoms with Gasteiger partial charge in [-0.3, -0.25) is 4.79 Å². The average Bonchev–Trinajstić information content (AvgIpc) is 3.04. The Labute approximate surface area is 192 Å². The topological polar surface area (TPSA) is 55.8 Å². The van der Waals surface area contributed by atoms with Crippen molar-refractivity contribution in [2.45, 2.75) is 51.6 Å². The van der Waals surface area contributed by atoms with Crippen molar-refractivity contribution in [3.8, 4) is 17.2 Å². The molecule has 0 saturated heterocycles. The summed E-state index contributed by atoms with van der Waals surface area (Å²) in [5.41, 5.74) is 3.72. The SMILES string of the molecule is COc1cc(/C=C2\C[C@H]3[C@H]4CCc5cc(O)ccc5[C@@H]4CC[C@@]3(C)C2=O)ccc1OC(F)F. The first kappa shape index (κ1) is 21.9. The predicted octanol–water partition coefficient (Wildman–Crippen LogP) is 6.12. The number of phenolic OH excluding ortho intramolecular Hbond substituents is 1. The molecule has 0 heterocycles. The van der Waals surface area contributed by atoms with E-state index in [1.165, 1.54) is 24.3 Å². The lowest BCUT2D eigenvalue weighted by Gasteiger charge is -2.48. The van der Waals surface area contributed by atoms with Gasteiger partial charge in [0.15, 0.2) is 17.3 Å². The Morgan fingerprint density at radius 1 is 1.15 bits per heavy atom. The molecule has 6 heteroatoms. The number of methoxy groups -OCH3 is 1. The lowest BCUT2D eigenvalue weighted by atomic mass is 9.55. The van der Waals surface area contributed by atoms with Gasteiger partial charge in [-0.15, -0.1) is 0 Å². The van der Waals surface area contributed by atoms with Gasteiger partial charge in [0.2, 0.25) is 0 Å². The first-order valence-electron chi connectivity index (χ1n) is 11.5. The molecule has 3 aliphatic carbocycles. The molecule has 2 saturated carbocycles. The van der Waals surface area contributed by atoms with E-state index in [1.807, 2.05) is 12.1 Å². The molecular weight excluding hydrogens is 426 g/mol. The fraction of sp³-hybridized carbons (Fsp3) is 0.444. The van der Waals surface area contributed by atoms with Crippen molar-refractivity contribution in [1.29, 1.82) is 0 Å². The second kappa shape index (κ2) is 8.15. The minimum absolute atomic E-state index is 0.0252. The van der Waals surface area contributed by atoms with Gasteiger partial charge in [-0.1, -0.05) is 19.1 Å². The highest BCUT2D eigenvalue weighted by molar-refractivity contribution is 6.06. The molecule has 4 atom stereocenters. The maximum Gasteiger partial charge on any atom is 0.387 e. The highest BCUT2D eigenvalue weighted by Gasteiger charge is 2.56. The zero-order valence-electron chi connectivity index (χ0n) is 18.8. The number of ketones is 1. The van der Waals surface area contributed by atoms with Crippen LogP contribution in [0.2, 0.25) is 0 Å². The fourth-order valence-electron chi connectivity index (χ4n) is 6.54. The van der Waals surface area contributed by atoms with Crippen molar-refractivity contribution < 1.29 is 28.2 Å². The Balaban J connectivity index is 1.44. The molecule has 2 aromatic rings. The number of rotatable bonds is 4. The number of benzene rings is 2. The molecule has 174 valence electrons. The van der Waals surface area contributed by atoms with Gasteiger partial charge in [-0.05, 0) is 102 Å². The molecule has 0 unspecified atom stereocenters. The van der Waals surface area contributed by atoms with Gasteiger partial charge in [0.1, 0.15) is 5.75 Å². The monoisotopic (exact) mass is 454 g/mol. The summed E-state index contributed by atoms with van der Waals surface area (Å²) in [4.78, 5) is 13.5. The van der Waals surface area contributed by atoms with Crippen molar-refractivity contribution in [2.24, 2.45) is 17.3 Å². The molecule has 2 fully saturated rings. The minimum atomic E-state index is -2.93. The number of ether oxygens (including phenoxy) is 2. The summed E-state index contributed by atoms with van der Waals surface area (Å²) >= 11 is 0. The van der Waals surface area contributed by atoms with Gasteiger partial charge in [-0.2, -0.15) is 8.78 Å². The second-order valence-electron chi connectivity index (χ2n) is 9.75. The van der Waals surface area contributed by atoms with Crippen LogP contribution in [0.25, 0.3) is 6.08 Å². The summed E-state index contributed by atoms with van der Waals surface area (Å²) in [6.07, 6.45) is 6.37. The standard InChI is InChI=1S/C27H28F2O4/c1-27-10-9-20-19-7-5-18(30)13-16(19)4-6-21(20)22(27)14-17(25(27)31)11-15-3-8-23(33-26(28)29)24(12-15)32-2/h3,5,7-8,11-13,20-22,26,30H,4,6,9-10,14H2,1-2H3/b17-11+/t20-,21-,22-,27+/m0/s1. The van der Waals surface area contributed by atoms with E-state index in [1.54, 1.807) is 18.2 Å². The number of hydrogen-bond donors (Lipinski definition) is 1. The number of hydrogen-bond acceptors (Lipinski definition) is 4. The van der Waals surface area contributed by atoms with E-state index in [9.17, 15) is 18.7 Å². The predicted molar refractivity (Wildman–Crippen MR) is 121 cm³/mol. The molecule has 3 aliphatic rings. The summed E-state index contributed by atoms with van der Waals surface area (Å²) in [6.45, 7) is -0.816. The Bertz CT molecular complexity index is 1130. The van der Waals surface area contributed by atoms with Crippen molar-refractivity contribution in [3.63, 3.8) is 0 Å². The number of carbonyl (C=O) groups excluding carboxylic acids is 1. The van der Waals surface area contributed by atoms with Crippen molar-refractivity contribution >= 4 is 11.9 Å². The van der Waals surface area contributed by atoms with E-state index in [0.29, 0.717) is 17.6 Å².